The molecule has 1 aromatic carbocycles. The fourth-order valence-corrected chi connectivity index (χ4v) is 2.13. The van der Waals surface area contributed by atoms with Crippen LogP contribution in [0.5, 0.6) is 0 Å². The average Bonchev–Trinajstić information content (AvgIpc) is 2.27. The molecule has 0 aromatic heterocycles. The molecule has 0 radical (unpaired) electrons. The van der Waals surface area contributed by atoms with E-state index in [-0.39, 0.29) is 0 Å². The molecule has 3 nitrogen and oxygen atoms in total. The van der Waals surface area contributed by atoms with Crippen molar-refractivity contribution in [3.8, 4) is 0 Å². The van der Waals surface area contributed by atoms with Crippen molar-refractivity contribution in [1.29, 1.82) is 0 Å². The Kier molecular flexibility index (Phi) is 4.15. The van der Waals surface area contributed by atoms with Crippen LogP contribution in [0.4, 0.5) is 0 Å². The molecule has 92 valence electrons. The SMILES string of the molecule is O=C(O)c1cccc(CNCCC2CCC2)c1. The Hall–Kier alpha value is -1.35. The molecule has 0 spiro atoms. The Morgan fingerprint density at radius 3 is 2.88 bits per heavy atom. The van der Waals surface area contributed by atoms with E-state index >= 15 is 0 Å². The molecular formula is C14H19NO2. The molecule has 0 atom stereocenters. The third kappa shape index (κ3) is 3.56. The highest BCUT2D eigenvalue weighted by Crippen LogP contribution is 2.28. The summed E-state index contributed by atoms with van der Waals surface area (Å²) < 4.78 is 0. The van der Waals surface area contributed by atoms with Crippen LogP contribution in [-0.4, -0.2) is 17.6 Å². The molecule has 17 heavy (non-hydrogen) atoms. The molecule has 0 heterocycles. The van der Waals surface area contributed by atoms with Gasteiger partial charge in [-0.15, -0.1) is 0 Å². The zero-order valence-electron chi connectivity index (χ0n) is 9.98. The zero-order chi connectivity index (χ0) is 12.1. The highest BCUT2D eigenvalue weighted by Gasteiger charge is 2.16. The van der Waals surface area contributed by atoms with Gasteiger partial charge in [-0.3, -0.25) is 0 Å². The predicted octanol–water partition coefficient (Wildman–Crippen LogP) is 2.66. The quantitative estimate of drug-likeness (QED) is 0.743. The van der Waals surface area contributed by atoms with Gasteiger partial charge >= 0.3 is 5.97 Å². The summed E-state index contributed by atoms with van der Waals surface area (Å²) >= 11 is 0. The molecule has 0 amide bonds. The van der Waals surface area contributed by atoms with Crippen molar-refractivity contribution in [3.05, 3.63) is 35.4 Å². The van der Waals surface area contributed by atoms with Gasteiger partial charge in [0, 0.05) is 6.54 Å². The number of aromatic carboxylic acids is 1. The van der Waals surface area contributed by atoms with Crippen molar-refractivity contribution in [2.75, 3.05) is 6.54 Å². The van der Waals surface area contributed by atoms with Gasteiger partial charge in [-0.25, -0.2) is 4.79 Å². The lowest BCUT2D eigenvalue weighted by atomic mass is 9.83. The second-order valence-electron chi connectivity index (χ2n) is 4.77. The van der Waals surface area contributed by atoms with Crippen LogP contribution in [0.3, 0.4) is 0 Å². The number of hydrogen-bond acceptors (Lipinski definition) is 2. The van der Waals surface area contributed by atoms with Gasteiger partial charge in [-0.05, 0) is 36.6 Å². The summed E-state index contributed by atoms with van der Waals surface area (Å²) in [7, 11) is 0. The first kappa shape index (κ1) is 12.1. The summed E-state index contributed by atoms with van der Waals surface area (Å²) in [5.41, 5.74) is 1.40. The molecule has 0 saturated heterocycles. The largest absolute Gasteiger partial charge is 0.478 e. The number of hydrogen-bond donors (Lipinski definition) is 2. The maximum Gasteiger partial charge on any atom is 0.335 e. The summed E-state index contributed by atoms with van der Waals surface area (Å²) in [5, 5.41) is 12.2. The Morgan fingerprint density at radius 1 is 1.41 bits per heavy atom. The van der Waals surface area contributed by atoms with Crippen molar-refractivity contribution in [1.82, 2.24) is 5.32 Å². The third-order valence-electron chi connectivity index (χ3n) is 3.46. The minimum Gasteiger partial charge on any atom is -0.478 e. The van der Waals surface area contributed by atoms with Gasteiger partial charge in [-0.1, -0.05) is 31.4 Å². The summed E-state index contributed by atoms with van der Waals surface area (Å²) in [6.45, 7) is 1.79. The van der Waals surface area contributed by atoms with Crippen LogP contribution in [0.25, 0.3) is 0 Å². The average molecular weight is 233 g/mol. The van der Waals surface area contributed by atoms with Gasteiger partial charge in [0.05, 0.1) is 5.56 Å². The van der Waals surface area contributed by atoms with E-state index in [2.05, 4.69) is 5.32 Å². The Bertz CT molecular complexity index is 386. The van der Waals surface area contributed by atoms with Gasteiger partial charge in [0.2, 0.25) is 0 Å². The molecule has 2 rings (SSSR count). The predicted molar refractivity (Wildman–Crippen MR) is 67.1 cm³/mol. The monoisotopic (exact) mass is 233 g/mol. The van der Waals surface area contributed by atoms with Gasteiger partial charge in [0.15, 0.2) is 0 Å². The van der Waals surface area contributed by atoms with Crippen LogP contribution < -0.4 is 5.32 Å². The minimum atomic E-state index is -0.860. The summed E-state index contributed by atoms with van der Waals surface area (Å²) in [4.78, 5) is 10.8. The van der Waals surface area contributed by atoms with Crippen LogP contribution in [0.2, 0.25) is 0 Å². The Morgan fingerprint density at radius 2 is 2.24 bits per heavy atom. The van der Waals surface area contributed by atoms with Crippen molar-refractivity contribution in [3.63, 3.8) is 0 Å². The van der Waals surface area contributed by atoms with E-state index in [1.165, 1.54) is 25.7 Å². The molecule has 0 aliphatic heterocycles. The number of carboxylic acid groups (broad SMARTS) is 1. The first-order chi connectivity index (χ1) is 8.25. The molecular weight excluding hydrogens is 214 g/mol. The normalized spacial score (nSPS) is 15.5. The topological polar surface area (TPSA) is 49.3 Å². The van der Waals surface area contributed by atoms with E-state index < -0.39 is 5.97 Å². The van der Waals surface area contributed by atoms with E-state index in [1.807, 2.05) is 6.07 Å². The minimum absolute atomic E-state index is 0.364. The molecule has 0 bridgehead atoms. The van der Waals surface area contributed by atoms with E-state index in [0.29, 0.717) is 5.56 Å². The number of nitrogens with one attached hydrogen (secondary N) is 1. The summed E-state index contributed by atoms with van der Waals surface area (Å²) in [5.74, 6) is 0.0640. The molecule has 1 fully saturated rings. The van der Waals surface area contributed by atoms with Crippen molar-refractivity contribution < 1.29 is 9.90 Å². The summed E-state index contributed by atoms with van der Waals surface area (Å²) in [6.07, 6.45) is 5.41. The number of carbonyl (C=O) groups is 1. The smallest absolute Gasteiger partial charge is 0.335 e. The van der Waals surface area contributed by atoms with Gasteiger partial charge in [0.25, 0.3) is 0 Å². The summed E-state index contributed by atoms with van der Waals surface area (Å²) in [6, 6.07) is 7.12. The molecule has 2 N–H and O–H groups in total. The van der Waals surface area contributed by atoms with Crippen LogP contribution in [0, 0.1) is 5.92 Å². The lowest BCUT2D eigenvalue weighted by Gasteiger charge is -2.25. The standard InChI is InChI=1S/C14H19NO2/c16-14(17)13-6-2-5-12(9-13)10-15-8-7-11-3-1-4-11/h2,5-6,9,11,15H,1,3-4,7-8,10H2,(H,16,17). The highest BCUT2D eigenvalue weighted by molar-refractivity contribution is 5.87. The highest BCUT2D eigenvalue weighted by atomic mass is 16.4. The molecule has 1 aliphatic carbocycles. The molecule has 1 aliphatic rings. The fraction of sp³-hybridized carbons (Fsp3) is 0.500. The van der Waals surface area contributed by atoms with Gasteiger partial charge in [-0.2, -0.15) is 0 Å². The van der Waals surface area contributed by atoms with Gasteiger partial charge < -0.3 is 10.4 Å². The van der Waals surface area contributed by atoms with E-state index in [0.717, 1.165) is 24.6 Å². The van der Waals surface area contributed by atoms with E-state index in [4.69, 9.17) is 5.11 Å². The Balaban J connectivity index is 1.73. The maximum absolute atomic E-state index is 10.8. The number of benzene rings is 1. The van der Waals surface area contributed by atoms with Gasteiger partial charge in [0.1, 0.15) is 0 Å². The van der Waals surface area contributed by atoms with Crippen LogP contribution in [0.1, 0.15) is 41.6 Å². The first-order valence-corrected chi connectivity index (χ1v) is 6.28. The second kappa shape index (κ2) is 5.82. The third-order valence-corrected chi connectivity index (χ3v) is 3.46. The molecule has 1 aromatic rings. The Labute approximate surface area is 102 Å². The van der Waals surface area contributed by atoms with Crippen LogP contribution in [-0.2, 0) is 6.54 Å². The van der Waals surface area contributed by atoms with Crippen molar-refractivity contribution >= 4 is 5.97 Å². The second-order valence-corrected chi connectivity index (χ2v) is 4.77. The van der Waals surface area contributed by atoms with E-state index in [1.54, 1.807) is 18.2 Å². The van der Waals surface area contributed by atoms with Crippen LogP contribution >= 0.6 is 0 Å². The fourth-order valence-electron chi connectivity index (χ4n) is 2.13. The lowest BCUT2D eigenvalue weighted by Crippen LogP contribution is -2.21. The number of rotatable bonds is 6. The molecule has 1 saturated carbocycles. The van der Waals surface area contributed by atoms with E-state index in [9.17, 15) is 4.79 Å². The first-order valence-electron chi connectivity index (χ1n) is 6.28. The van der Waals surface area contributed by atoms with Crippen LogP contribution in [0.15, 0.2) is 24.3 Å². The zero-order valence-corrected chi connectivity index (χ0v) is 9.98. The van der Waals surface area contributed by atoms with Crippen molar-refractivity contribution in [2.24, 2.45) is 5.92 Å². The molecule has 3 heteroatoms. The van der Waals surface area contributed by atoms with Crippen molar-refractivity contribution in [2.45, 2.75) is 32.2 Å². The molecule has 0 unspecified atom stereocenters. The maximum atomic E-state index is 10.8. The number of carboxylic acids is 1. The lowest BCUT2D eigenvalue weighted by molar-refractivity contribution is 0.0697.